The quantitative estimate of drug-likeness (QED) is 0.796. The van der Waals surface area contributed by atoms with E-state index in [1.807, 2.05) is 0 Å². The third-order valence-electron chi connectivity index (χ3n) is 5.71. The number of nitrogens with zero attached hydrogens (tertiary/aromatic N) is 1. The Morgan fingerprint density at radius 2 is 2.05 bits per heavy atom. The van der Waals surface area contributed by atoms with E-state index in [-0.39, 0.29) is 0 Å². The summed E-state index contributed by atoms with van der Waals surface area (Å²) in [7, 11) is 0. The second kappa shape index (κ2) is 6.55. The number of hydrogen-bond acceptors (Lipinski definition) is 3. The molecule has 0 aromatic rings. The van der Waals surface area contributed by atoms with Gasteiger partial charge in [-0.15, -0.1) is 0 Å². The van der Waals surface area contributed by atoms with Crippen molar-refractivity contribution in [1.82, 2.24) is 15.5 Å². The molecule has 2 saturated heterocycles. The zero-order valence-corrected chi connectivity index (χ0v) is 12.5. The number of rotatable bonds is 5. The van der Waals surface area contributed by atoms with Crippen LogP contribution in [0.15, 0.2) is 0 Å². The molecule has 1 saturated carbocycles. The Hall–Kier alpha value is -0.120. The predicted octanol–water partition coefficient (Wildman–Crippen LogP) is 1.98. The number of likely N-dealkylation sites (N-methyl/N-ethyl adjacent to an activating group) is 1. The van der Waals surface area contributed by atoms with Crippen molar-refractivity contribution in [2.75, 3.05) is 26.2 Å². The topological polar surface area (TPSA) is 27.3 Å². The number of likely N-dealkylation sites (tertiary alicyclic amines) is 1. The van der Waals surface area contributed by atoms with Gasteiger partial charge >= 0.3 is 0 Å². The summed E-state index contributed by atoms with van der Waals surface area (Å²) in [4.78, 5) is 2.66. The molecule has 2 heterocycles. The van der Waals surface area contributed by atoms with Gasteiger partial charge in [-0.25, -0.2) is 0 Å². The van der Waals surface area contributed by atoms with Gasteiger partial charge in [0.1, 0.15) is 0 Å². The van der Waals surface area contributed by atoms with Crippen molar-refractivity contribution in [2.45, 2.75) is 70.0 Å². The third kappa shape index (κ3) is 3.14. The molecule has 2 N–H and O–H groups in total. The molecule has 4 unspecified atom stereocenters. The number of nitrogens with one attached hydrogen (secondary N) is 2. The van der Waals surface area contributed by atoms with Crippen molar-refractivity contribution < 1.29 is 0 Å². The minimum absolute atomic E-state index is 0.787. The molecule has 2 aliphatic heterocycles. The van der Waals surface area contributed by atoms with Gasteiger partial charge in [-0.05, 0) is 64.1 Å². The van der Waals surface area contributed by atoms with Crippen molar-refractivity contribution >= 4 is 0 Å². The Bertz CT molecular complexity index is 275. The van der Waals surface area contributed by atoms with Crippen LogP contribution in [0.25, 0.3) is 0 Å². The fourth-order valence-corrected chi connectivity index (χ4v) is 4.63. The summed E-state index contributed by atoms with van der Waals surface area (Å²) in [5.41, 5.74) is 0. The highest BCUT2D eigenvalue weighted by molar-refractivity contribution is 4.94. The van der Waals surface area contributed by atoms with Crippen LogP contribution in [-0.4, -0.2) is 49.2 Å². The van der Waals surface area contributed by atoms with Crippen molar-refractivity contribution in [1.29, 1.82) is 0 Å². The van der Waals surface area contributed by atoms with Crippen molar-refractivity contribution in [3.63, 3.8) is 0 Å². The second-order valence-electron chi connectivity index (χ2n) is 6.74. The van der Waals surface area contributed by atoms with E-state index in [4.69, 9.17) is 0 Å². The maximum atomic E-state index is 3.93. The highest BCUT2D eigenvalue weighted by atomic mass is 15.2. The molecule has 3 aliphatic rings. The van der Waals surface area contributed by atoms with Crippen LogP contribution in [0, 0.1) is 5.92 Å². The predicted molar refractivity (Wildman–Crippen MR) is 80.4 cm³/mol. The Labute approximate surface area is 118 Å². The van der Waals surface area contributed by atoms with E-state index in [1.165, 1.54) is 71.1 Å². The minimum Gasteiger partial charge on any atom is -0.314 e. The molecule has 0 radical (unpaired) electrons. The van der Waals surface area contributed by atoms with Gasteiger partial charge in [0, 0.05) is 24.7 Å². The average molecular weight is 265 g/mol. The summed E-state index contributed by atoms with van der Waals surface area (Å²) < 4.78 is 0. The van der Waals surface area contributed by atoms with Crippen LogP contribution in [-0.2, 0) is 0 Å². The zero-order valence-electron chi connectivity index (χ0n) is 12.5. The van der Waals surface area contributed by atoms with Gasteiger partial charge in [-0.1, -0.05) is 13.3 Å². The molecule has 4 atom stereocenters. The Balaban J connectivity index is 1.48. The molecule has 19 heavy (non-hydrogen) atoms. The highest BCUT2D eigenvalue weighted by Crippen LogP contribution is 2.32. The van der Waals surface area contributed by atoms with E-state index in [0.29, 0.717) is 0 Å². The van der Waals surface area contributed by atoms with Crippen LogP contribution in [0.2, 0.25) is 0 Å². The first-order chi connectivity index (χ1) is 9.38. The maximum Gasteiger partial charge on any atom is 0.0221 e. The van der Waals surface area contributed by atoms with Crippen LogP contribution in [0.3, 0.4) is 0 Å². The van der Waals surface area contributed by atoms with Crippen LogP contribution < -0.4 is 10.6 Å². The fourth-order valence-electron chi connectivity index (χ4n) is 4.63. The molecule has 3 heteroatoms. The lowest BCUT2D eigenvalue weighted by Crippen LogP contribution is -2.46. The molecule has 3 nitrogen and oxygen atoms in total. The van der Waals surface area contributed by atoms with E-state index < -0.39 is 0 Å². The minimum atomic E-state index is 0.787. The summed E-state index contributed by atoms with van der Waals surface area (Å²) >= 11 is 0. The van der Waals surface area contributed by atoms with E-state index in [2.05, 4.69) is 22.5 Å². The monoisotopic (exact) mass is 265 g/mol. The lowest BCUT2D eigenvalue weighted by Gasteiger charge is -2.30. The lowest BCUT2D eigenvalue weighted by molar-refractivity contribution is 0.239. The second-order valence-corrected chi connectivity index (χ2v) is 6.74. The van der Waals surface area contributed by atoms with E-state index >= 15 is 0 Å². The average Bonchev–Trinajstić information content (AvgIpc) is 3.16. The molecular formula is C16H31N3. The number of hydrogen-bond donors (Lipinski definition) is 2. The molecule has 110 valence electrons. The van der Waals surface area contributed by atoms with Crippen LogP contribution in [0.5, 0.6) is 0 Å². The first-order valence-electron chi connectivity index (χ1n) is 8.59. The lowest BCUT2D eigenvalue weighted by atomic mass is 9.93. The van der Waals surface area contributed by atoms with Gasteiger partial charge < -0.3 is 10.6 Å². The van der Waals surface area contributed by atoms with Gasteiger partial charge in [0.2, 0.25) is 0 Å². The van der Waals surface area contributed by atoms with Crippen molar-refractivity contribution in [3.8, 4) is 0 Å². The van der Waals surface area contributed by atoms with Crippen LogP contribution in [0.1, 0.15) is 51.9 Å². The zero-order chi connectivity index (χ0) is 13.1. The van der Waals surface area contributed by atoms with E-state index in [0.717, 1.165) is 24.0 Å². The summed E-state index contributed by atoms with van der Waals surface area (Å²) in [5, 5.41) is 7.66. The van der Waals surface area contributed by atoms with Gasteiger partial charge in [0.15, 0.2) is 0 Å². The fraction of sp³-hybridized carbons (Fsp3) is 1.00. The van der Waals surface area contributed by atoms with Gasteiger partial charge in [0.05, 0.1) is 0 Å². The van der Waals surface area contributed by atoms with Gasteiger partial charge in [-0.2, -0.15) is 0 Å². The SMILES string of the molecule is CCN1CCCC1CNC1CCCC1C1CCCN1. The molecule has 3 fully saturated rings. The van der Waals surface area contributed by atoms with Crippen LogP contribution >= 0.6 is 0 Å². The normalized spacial score (nSPS) is 40.3. The largest absolute Gasteiger partial charge is 0.314 e. The molecule has 0 spiro atoms. The smallest absolute Gasteiger partial charge is 0.0221 e. The summed E-state index contributed by atoms with van der Waals surface area (Å²) in [5.74, 6) is 0.902. The summed E-state index contributed by atoms with van der Waals surface area (Å²) in [6.45, 7) is 7.33. The third-order valence-corrected chi connectivity index (χ3v) is 5.71. The Morgan fingerprint density at radius 3 is 2.84 bits per heavy atom. The molecule has 0 amide bonds. The van der Waals surface area contributed by atoms with Gasteiger partial charge in [0.25, 0.3) is 0 Å². The highest BCUT2D eigenvalue weighted by Gasteiger charge is 2.35. The molecule has 0 aromatic heterocycles. The molecule has 0 aromatic carbocycles. The van der Waals surface area contributed by atoms with Crippen molar-refractivity contribution in [2.24, 2.45) is 5.92 Å². The maximum absolute atomic E-state index is 3.93. The summed E-state index contributed by atoms with van der Waals surface area (Å²) in [6.07, 6.45) is 9.88. The molecule has 3 rings (SSSR count). The van der Waals surface area contributed by atoms with E-state index in [9.17, 15) is 0 Å². The Kier molecular flexibility index (Phi) is 4.78. The van der Waals surface area contributed by atoms with Crippen molar-refractivity contribution in [3.05, 3.63) is 0 Å². The summed E-state index contributed by atoms with van der Waals surface area (Å²) in [6, 6.07) is 2.41. The van der Waals surface area contributed by atoms with Gasteiger partial charge in [-0.3, -0.25) is 4.90 Å². The molecular weight excluding hydrogens is 234 g/mol. The van der Waals surface area contributed by atoms with Crippen LogP contribution in [0.4, 0.5) is 0 Å². The first kappa shape index (κ1) is 13.8. The van der Waals surface area contributed by atoms with E-state index in [1.54, 1.807) is 0 Å². The standard InChI is InChI=1S/C16H31N3/c1-2-19-11-5-6-13(19)12-18-16-8-3-7-14(16)15-9-4-10-17-15/h13-18H,2-12H2,1H3. The molecule has 1 aliphatic carbocycles. The first-order valence-corrected chi connectivity index (χ1v) is 8.59. The molecule has 0 bridgehead atoms. The Morgan fingerprint density at radius 1 is 1.11 bits per heavy atom.